The van der Waals surface area contributed by atoms with E-state index in [0.717, 1.165) is 24.8 Å². The van der Waals surface area contributed by atoms with Gasteiger partial charge in [0.1, 0.15) is 5.82 Å². The van der Waals surface area contributed by atoms with Crippen molar-refractivity contribution in [3.63, 3.8) is 0 Å². The molecule has 1 saturated carbocycles. The topological polar surface area (TPSA) is 37.3 Å². The number of halogens is 2. The third kappa shape index (κ3) is 3.51. The van der Waals surface area contributed by atoms with Crippen molar-refractivity contribution in [2.45, 2.75) is 39.0 Å². The van der Waals surface area contributed by atoms with Crippen LogP contribution in [0.3, 0.4) is 0 Å². The Morgan fingerprint density at radius 2 is 2.20 bits per heavy atom. The molecule has 1 N–H and O–H groups in total. The Morgan fingerprint density at radius 1 is 1.45 bits per heavy atom. The van der Waals surface area contributed by atoms with Crippen molar-refractivity contribution >= 4 is 17.6 Å². The molecule has 1 aliphatic carbocycles. The van der Waals surface area contributed by atoms with Gasteiger partial charge in [-0.25, -0.2) is 4.39 Å². The molecule has 0 aliphatic heterocycles. The second kappa shape index (κ2) is 6.57. The molecule has 110 valence electrons. The Bertz CT molecular complexity index is 489. The van der Waals surface area contributed by atoms with Crippen LogP contribution in [0.2, 0.25) is 5.02 Å². The second-order valence-corrected chi connectivity index (χ2v) is 6.14. The molecule has 3 unspecified atom stereocenters. The van der Waals surface area contributed by atoms with Crippen LogP contribution in [0.1, 0.15) is 38.2 Å². The summed E-state index contributed by atoms with van der Waals surface area (Å²) < 4.78 is 13.3. The number of rotatable bonds is 4. The highest BCUT2D eigenvalue weighted by atomic mass is 35.5. The van der Waals surface area contributed by atoms with Gasteiger partial charge >= 0.3 is 5.97 Å². The molecular formula is C16H20ClFO2. The predicted octanol–water partition coefficient (Wildman–Crippen LogP) is 4.55. The van der Waals surface area contributed by atoms with Crippen molar-refractivity contribution in [1.29, 1.82) is 0 Å². The molecule has 0 aromatic heterocycles. The maximum atomic E-state index is 13.3. The Morgan fingerprint density at radius 3 is 2.85 bits per heavy atom. The molecule has 0 radical (unpaired) electrons. The summed E-state index contributed by atoms with van der Waals surface area (Å²) in [7, 11) is 0. The first kappa shape index (κ1) is 15.3. The summed E-state index contributed by atoms with van der Waals surface area (Å²) in [6.45, 7) is 2.14. The largest absolute Gasteiger partial charge is 0.481 e. The van der Waals surface area contributed by atoms with Crippen LogP contribution >= 0.6 is 11.6 Å². The maximum Gasteiger partial charge on any atom is 0.306 e. The van der Waals surface area contributed by atoms with Crippen LogP contribution in [0.25, 0.3) is 0 Å². The number of hydrogen-bond acceptors (Lipinski definition) is 1. The number of carboxylic acid groups (broad SMARTS) is 1. The third-order valence-electron chi connectivity index (χ3n) is 4.48. The lowest BCUT2D eigenvalue weighted by Gasteiger charge is -2.33. The Labute approximate surface area is 123 Å². The summed E-state index contributed by atoms with van der Waals surface area (Å²) in [5, 5.41) is 9.88. The van der Waals surface area contributed by atoms with Gasteiger partial charge in [0.25, 0.3) is 0 Å². The molecular weight excluding hydrogens is 279 g/mol. The lowest BCUT2D eigenvalue weighted by Crippen LogP contribution is -2.32. The maximum absolute atomic E-state index is 13.3. The first-order valence-corrected chi connectivity index (χ1v) is 7.55. The molecule has 1 aromatic carbocycles. The van der Waals surface area contributed by atoms with Crippen LogP contribution in [-0.4, -0.2) is 11.1 Å². The number of hydrogen-bond donors (Lipinski definition) is 1. The summed E-state index contributed by atoms with van der Waals surface area (Å²) >= 11 is 6.10. The summed E-state index contributed by atoms with van der Waals surface area (Å²) in [4.78, 5) is 11.4. The number of carbonyl (C=O) groups is 1. The van der Waals surface area contributed by atoms with Gasteiger partial charge in [-0.2, -0.15) is 0 Å². The van der Waals surface area contributed by atoms with Crippen molar-refractivity contribution in [3.05, 3.63) is 34.6 Å². The van der Waals surface area contributed by atoms with Gasteiger partial charge in [-0.15, -0.1) is 0 Å². The minimum Gasteiger partial charge on any atom is -0.481 e. The van der Waals surface area contributed by atoms with E-state index in [2.05, 4.69) is 6.92 Å². The van der Waals surface area contributed by atoms with E-state index < -0.39 is 5.97 Å². The van der Waals surface area contributed by atoms with Crippen LogP contribution in [0.4, 0.5) is 4.39 Å². The van der Waals surface area contributed by atoms with E-state index in [4.69, 9.17) is 11.6 Å². The zero-order valence-electron chi connectivity index (χ0n) is 11.6. The van der Waals surface area contributed by atoms with Crippen molar-refractivity contribution in [1.82, 2.24) is 0 Å². The van der Waals surface area contributed by atoms with Crippen LogP contribution in [-0.2, 0) is 11.2 Å². The predicted molar refractivity (Wildman–Crippen MR) is 77.4 cm³/mol. The quantitative estimate of drug-likeness (QED) is 0.885. The van der Waals surface area contributed by atoms with Gasteiger partial charge in [0.05, 0.1) is 5.92 Å². The Hall–Kier alpha value is -1.09. The Kier molecular flexibility index (Phi) is 5.03. The van der Waals surface area contributed by atoms with Gasteiger partial charge in [-0.05, 0) is 61.3 Å². The summed E-state index contributed by atoms with van der Waals surface area (Å²) in [5.41, 5.74) is 0.722. The molecule has 1 fully saturated rings. The SMILES string of the molecule is CCC1CCC(C(=O)O)C(Cc2cc(F)ccc2Cl)C1. The minimum absolute atomic E-state index is 0.0468. The first-order valence-electron chi connectivity index (χ1n) is 7.18. The van der Waals surface area contributed by atoms with Gasteiger partial charge in [0.15, 0.2) is 0 Å². The van der Waals surface area contributed by atoms with Gasteiger partial charge in [-0.3, -0.25) is 4.79 Å². The summed E-state index contributed by atoms with van der Waals surface area (Å²) in [6.07, 6.45) is 4.19. The lowest BCUT2D eigenvalue weighted by atomic mass is 9.71. The fourth-order valence-corrected chi connectivity index (χ4v) is 3.46. The van der Waals surface area contributed by atoms with E-state index in [9.17, 15) is 14.3 Å². The van der Waals surface area contributed by atoms with E-state index in [1.54, 1.807) is 6.07 Å². The molecule has 2 rings (SSSR count). The highest BCUT2D eigenvalue weighted by Crippen LogP contribution is 2.38. The number of carboxylic acids is 1. The van der Waals surface area contributed by atoms with Gasteiger partial charge < -0.3 is 5.11 Å². The van der Waals surface area contributed by atoms with E-state index in [1.807, 2.05) is 0 Å². The molecule has 0 heterocycles. The van der Waals surface area contributed by atoms with E-state index in [-0.39, 0.29) is 17.7 Å². The van der Waals surface area contributed by atoms with Gasteiger partial charge in [-0.1, -0.05) is 24.9 Å². The van der Waals surface area contributed by atoms with Crippen LogP contribution in [0.5, 0.6) is 0 Å². The molecule has 0 amide bonds. The average molecular weight is 299 g/mol. The fourth-order valence-electron chi connectivity index (χ4n) is 3.26. The monoisotopic (exact) mass is 298 g/mol. The normalized spacial score (nSPS) is 26.4. The number of benzene rings is 1. The van der Waals surface area contributed by atoms with Crippen molar-refractivity contribution in [3.8, 4) is 0 Å². The zero-order chi connectivity index (χ0) is 14.7. The molecule has 0 spiro atoms. The minimum atomic E-state index is -0.739. The molecule has 0 bridgehead atoms. The van der Waals surface area contributed by atoms with Crippen molar-refractivity contribution in [2.24, 2.45) is 17.8 Å². The van der Waals surface area contributed by atoms with Gasteiger partial charge in [0.2, 0.25) is 0 Å². The molecule has 4 heteroatoms. The summed E-state index contributed by atoms with van der Waals surface area (Å²) in [5.74, 6) is -0.776. The molecule has 0 saturated heterocycles. The van der Waals surface area contributed by atoms with Crippen LogP contribution < -0.4 is 0 Å². The average Bonchev–Trinajstić information content (AvgIpc) is 2.42. The fraction of sp³-hybridized carbons (Fsp3) is 0.562. The van der Waals surface area contributed by atoms with Crippen LogP contribution in [0.15, 0.2) is 18.2 Å². The third-order valence-corrected chi connectivity index (χ3v) is 4.84. The van der Waals surface area contributed by atoms with Gasteiger partial charge in [0, 0.05) is 5.02 Å². The molecule has 2 nitrogen and oxygen atoms in total. The Balaban J connectivity index is 2.18. The van der Waals surface area contributed by atoms with Crippen molar-refractivity contribution < 1.29 is 14.3 Å². The van der Waals surface area contributed by atoms with Crippen molar-refractivity contribution in [2.75, 3.05) is 0 Å². The molecule has 1 aromatic rings. The number of aliphatic carboxylic acids is 1. The highest BCUT2D eigenvalue weighted by Gasteiger charge is 2.34. The summed E-state index contributed by atoms with van der Waals surface area (Å²) in [6, 6.07) is 4.30. The van der Waals surface area contributed by atoms with E-state index in [0.29, 0.717) is 23.8 Å². The standard InChI is InChI=1S/C16H20ClFO2/c1-2-10-3-5-14(16(19)20)11(7-10)8-12-9-13(18)4-6-15(12)17/h4,6,9-11,14H,2-3,5,7-8H2,1H3,(H,19,20). The van der Waals surface area contributed by atoms with E-state index in [1.165, 1.54) is 12.1 Å². The zero-order valence-corrected chi connectivity index (χ0v) is 12.4. The smallest absolute Gasteiger partial charge is 0.306 e. The molecule has 20 heavy (non-hydrogen) atoms. The first-order chi connectivity index (χ1) is 9.51. The highest BCUT2D eigenvalue weighted by molar-refractivity contribution is 6.31. The molecule has 1 aliphatic rings. The molecule has 3 atom stereocenters. The van der Waals surface area contributed by atoms with Crippen LogP contribution in [0, 0.1) is 23.6 Å². The second-order valence-electron chi connectivity index (χ2n) is 5.73. The van der Waals surface area contributed by atoms with E-state index >= 15 is 0 Å². The lowest BCUT2D eigenvalue weighted by molar-refractivity contribution is -0.145.